The number of carbonyl (C=O) groups is 2. The highest BCUT2D eigenvalue weighted by Gasteiger charge is 2.34. The van der Waals surface area contributed by atoms with E-state index in [4.69, 9.17) is 4.42 Å². The molecule has 92 valence electrons. The molecule has 1 aromatic heterocycles. The fraction of sp³-hybridized carbons (Fsp3) is 0.455. The molecule has 0 aromatic carbocycles. The number of nitrogens with one attached hydrogen (secondary N) is 1. The van der Waals surface area contributed by atoms with Crippen molar-refractivity contribution in [2.75, 3.05) is 26.7 Å². The molecule has 0 radical (unpaired) electrons. The number of nitrogens with zero attached hydrogens (tertiary/aromatic N) is 1. The van der Waals surface area contributed by atoms with Crippen LogP contribution in [-0.4, -0.2) is 49.6 Å². The van der Waals surface area contributed by atoms with Gasteiger partial charge in [-0.1, -0.05) is 0 Å². The molecule has 2 heterocycles. The maximum atomic E-state index is 12.1. The summed E-state index contributed by atoms with van der Waals surface area (Å²) >= 11 is 0. The van der Waals surface area contributed by atoms with E-state index in [-0.39, 0.29) is 11.7 Å². The number of ether oxygens (including phenoxy) is 1. The van der Waals surface area contributed by atoms with Crippen LogP contribution < -0.4 is 5.32 Å². The molecular weight excluding hydrogens is 224 g/mol. The molecule has 1 amide bonds. The molecule has 2 rings (SSSR count). The molecule has 1 unspecified atom stereocenters. The van der Waals surface area contributed by atoms with Crippen LogP contribution >= 0.6 is 0 Å². The van der Waals surface area contributed by atoms with Gasteiger partial charge in [-0.3, -0.25) is 4.79 Å². The van der Waals surface area contributed by atoms with Crippen molar-refractivity contribution in [3.8, 4) is 0 Å². The molecule has 1 aliphatic heterocycles. The van der Waals surface area contributed by atoms with Crippen molar-refractivity contribution in [3.05, 3.63) is 24.2 Å². The second-order valence-corrected chi connectivity index (χ2v) is 3.72. The van der Waals surface area contributed by atoms with E-state index in [2.05, 4.69) is 10.1 Å². The van der Waals surface area contributed by atoms with Crippen LogP contribution in [0.4, 0.5) is 0 Å². The first-order chi connectivity index (χ1) is 8.24. The Hall–Kier alpha value is -1.82. The number of esters is 1. The Morgan fingerprint density at radius 2 is 2.41 bits per heavy atom. The van der Waals surface area contributed by atoms with Gasteiger partial charge in [0.15, 0.2) is 5.76 Å². The van der Waals surface area contributed by atoms with Crippen molar-refractivity contribution in [1.29, 1.82) is 0 Å². The third-order valence-corrected chi connectivity index (χ3v) is 2.71. The lowest BCUT2D eigenvalue weighted by Gasteiger charge is -2.33. The Morgan fingerprint density at radius 3 is 3.06 bits per heavy atom. The van der Waals surface area contributed by atoms with E-state index in [1.165, 1.54) is 18.3 Å². The zero-order valence-electron chi connectivity index (χ0n) is 9.51. The molecule has 0 spiro atoms. The number of carbonyl (C=O) groups excluding carboxylic acids is 2. The SMILES string of the molecule is COC(=O)C1CNCCN1C(=O)c1ccco1. The van der Waals surface area contributed by atoms with Gasteiger partial charge in [-0.05, 0) is 12.1 Å². The van der Waals surface area contributed by atoms with Gasteiger partial charge in [-0.25, -0.2) is 4.79 Å². The summed E-state index contributed by atoms with van der Waals surface area (Å²) in [6, 6.07) is 2.63. The van der Waals surface area contributed by atoms with Crippen molar-refractivity contribution >= 4 is 11.9 Å². The summed E-state index contributed by atoms with van der Waals surface area (Å²) in [5.74, 6) is -0.468. The minimum atomic E-state index is -0.591. The molecule has 1 atom stereocenters. The summed E-state index contributed by atoms with van der Waals surface area (Å²) in [5, 5.41) is 3.05. The van der Waals surface area contributed by atoms with E-state index < -0.39 is 12.0 Å². The Balaban J connectivity index is 2.16. The second kappa shape index (κ2) is 5.01. The van der Waals surface area contributed by atoms with Crippen LogP contribution in [0.25, 0.3) is 0 Å². The fourth-order valence-electron chi connectivity index (χ4n) is 1.84. The van der Waals surface area contributed by atoms with Gasteiger partial charge in [0.25, 0.3) is 5.91 Å². The first-order valence-corrected chi connectivity index (χ1v) is 5.37. The number of furan rings is 1. The zero-order valence-corrected chi connectivity index (χ0v) is 9.51. The largest absolute Gasteiger partial charge is 0.467 e. The topological polar surface area (TPSA) is 71.8 Å². The standard InChI is InChI=1S/C11H14N2O4/c1-16-11(15)8-7-12-4-5-13(8)10(14)9-3-2-6-17-9/h2-3,6,8,12H,4-5,7H2,1H3. The van der Waals surface area contributed by atoms with Crippen LogP contribution in [-0.2, 0) is 9.53 Å². The summed E-state index contributed by atoms with van der Waals surface area (Å²) in [6.45, 7) is 1.51. The van der Waals surface area contributed by atoms with Crippen molar-refractivity contribution in [1.82, 2.24) is 10.2 Å². The normalized spacial score (nSPS) is 20.1. The second-order valence-electron chi connectivity index (χ2n) is 3.72. The van der Waals surface area contributed by atoms with E-state index in [0.717, 1.165) is 0 Å². The van der Waals surface area contributed by atoms with Gasteiger partial charge in [0.05, 0.1) is 13.4 Å². The monoisotopic (exact) mass is 238 g/mol. The first kappa shape index (κ1) is 11.7. The maximum absolute atomic E-state index is 12.1. The predicted octanol–water partition coefficient (Wildman–Crippen LogP) is -0.133. The molecule has 17 heavy (non-hydrogen) atoms. The van der Waals surface area contributed by atoms with Gasteiger partial charge in [-0.15, -0.1) is 0 Å². The quantitative estimate of drug-likeness (QED) is 0.726. The van der Waals surface area contributed by atoms with Gasteiger partial charge in [0.1, 0.15) is 6.04 Å². The van der Waals surface area contributed by atoms with E-state index in [1.54, 1.807) is 12.1 Å². The van der Waals surface area contributed by atoms with E-state index in [9.17, 15) is 9.59 Å². The van der Waals surface area contributed by atoms with Crippen molar-refractivity contribution in [2.45, 2.75) is 6.04 Å². The summed E-state index contributed by atoms with van der Waals surface area (Å²) in [5.41, 5.74) is 0. The molecule has 1 aliphatic rings. The average molecular weight is 238 g/mol. The minimum absolute atomic E-state index is 0.237. The highest BCUT2D eigenvalue weighted by atomic mass is 16.5. The molecule has 1 aromatic rings. The third-order valence-electron chi connectivity index (χ3n) is 2.71. The van der Waals surface area contributed by atoms with Gasteiger partial charge in [0.2, 0.25) is 0 Å². The van der Waals surface area contributed by atoms with Crippen molar-refractivity contribution < 1.29 is 18.7 Å². The van der Waals surface area contributed by atoms with E-state index in [0.29, 0.717) is 19.6 Å². The van der Waals surface area contributed by atoms with E-state index >= 15 is 0 Å². The molecule has 6 nitrogen and oxygen atoms in total. The summed E-state index contributed by atoms with van der Waals surface area (Å²) in [6.07, 6.45) is 1.43. The molecule has 0 saturated carbocycles. The molecule has 0 aliphatic carbocycles. The fourth-order valence-corrected chi connectivity index (χ4v) is 1.84. The lowest BCUT2D eigenvalue weighted by molar-refractivity contribution is -0.146. The van der Waals surface area contributed by atoms with Crippen LogP contribution in [0, 0.1) is 0 Å². The zero-order chi connectivity index (χ0) is 12.3. The highest BCUT2D eigenvalue weighted by molar-refractivity contribution is 5.94. The number of methoxy groups -OCH3 is 1. The Morgan fingerprint density at radius 1 is 1.59 bits per heavy atom. The highest BCUT2D eigenvalue weighted by Crippen LogP contribution is 2.12. The number of hydrogen-bond acceptors (Lipinski definition) is 5. The van der Waals surface area contributed by atoms with Gasteiger partial charge >= 0.3 is 5.97 Å². The Kier molecular flexibility index (Phi) is 3.43. The van der Waals surface area contributed by atoms with Crippen LogP contribution in [0.3, 0.4) is 0 Å². The van der Waals surface area contributed by atoms with Crippen molar-refractivity contribution in [2.24, 2.45) is 0 Å². The Labute approximate surface area is 98.5 Å². The summed E-state index contributed by atoms with van der Waals surface area (Å²) in [7, 11) is 1.31. The van der Waals surface area contributed by atoms with Crippen molar-refractivity contribution in [3.63, 3.8) is 0 Å². The molecule has 6 heteroatoms. The third kappa shape index (κ3) is 2.31. The van der Waals surface area contributed by atoms with Crippen LogP contribution in [0.2, 0.25) is 0 Å². The first-order valence-electron chi connectivity index (χ1n) is 5.37. The molecule has 1 fully saturated rings. The Bertz CT molecular complexity index is 402. The molecule has 1 saturated heterocycles. The molecular formula is C11H14N2O4. The smallest absolute Gasteiger partial charge is 0.329 e. The number of rotatable bonds is 2. The molecule has 1 N–H and O–H groups in total. The van der Waals surface area contributed by atoms with Crippen LogP contribution in [0.5, 0.6) is 0 Å². The number of hydrogen-bond donors (Lipinski definition) is 1. The summed E-state index contributed by atoms with van der Waals surface area (Å²) in [4.78, 5) is 25.1. The molecule has 0 bridgehead atoms. The lowest BCUT2D eigenvalue weighted by Crippen LogP contribution is -2.57. The van der Waals surface area contributed by atoms with Gasteiger partial charge < -0.3 is 19.4 Å². The number of amides is 1. The predicted molar refractivity (Wildman–Crippen MR) is 58.4 cm³/mol. The van der Waals surface area contributed by atoms with Crippen LogP contribution in [0.1, 0.15) is 10.6 Å². The van der Waals surface area contributed by atoms with Gasteiger partial charge in [0, 0.05) is 19.6 Å². The average Bonchev–Trinajstić information content (AvgIpc) is 2.91. The van der Waals surface area contributed by atoms with E-state index in [1.807, 2.05) is 0 Å². The lowest BCUT2D eigenvalue weighted by atomic mass is 10.2. The summed E-state index contributed by atoms with van der Waals surface area (Å²) < 4.78 is 9.73. The minimum Gasteiger partial charge on any atom is -0.467 e. The van der Waals surface area contributed by atoms with Crippen LogP contribution in [0.15, 0.2) is 22.8 Å². The van der Waals surface area contributed by atoms with Gasteiger partial charge in [-0.2, -0.15) is 0 Å². The number of piperazine rings is 1. The maximum Gasteiger partial charge on any atom is 0.329 e.